The number of benzene rings is 1. The monoisotopic (exact) mass is 832 g/mol. The molecule has 47 heavy (non-hydrogen) atoms. The fourth-order valence-electron chi connectivity index (χ4n) is 5.85. The van der Waals surface area contributed by atoms with E-state index in [2.05, 4.69) is 70.8 Å². The van der Waals surface area contributed by atoms with Crippen LogP contribution in [0.4, 0.5) is 0 Å². The molecule has 0 bridgehead atoms. The molecule has 0 amide bonds. The number of rotatable bonds is 9. The first-order valence-electron chi connectivity index (χ1n) is 16.7. The van der Waals surface area contributed by atoms with Crippen LogP contribution in [0.3, 0.4) is 0 Å². The van der Waals surface area contributed by atoms with Gasteiger partial charge < -0.3 is 9.52 Å². The molecule has 0 unspecified atom stereocenters. The normalized spacial score (nSPS) is 12.6. The Balaban J connectivity index is 0.000000322. The summed E-state index contributed by atoms with van der Waals surface area (Å²) < 4.78 is 7.41. The predicted molar refractivity (Wildman–Crippen MR) is 195 cm³/mol. The topological polar surface area (TPSA) is 76.2 Å². The van der Waals surface area contributed by atoms with E-state index in [1.54, 1.807) is 0 Å². The van der Waals surface area contributed by atoms with Crippen molar-refractivity contribution in [2.45, 2.75) is 107 Å². The first-order valence-corrected chi connectivity index (χ1v) is 17.6. The van der Waals surface area contributed by atoms with Crippen molar-refractivity contribution in [3.63, 3.8) is 0 Å². The smallest absolute Gasteiger partial charge is 0.216 e. The maximum absolute atomic E-state index is 11.7. The van der Waals surface area contributed by atoms with E-state index in [0.717, 1.165) is 64.5 Å². The molecular formula is C40H51IrN2O3S-. The van der Waals surface area contributed by atoms with E-state index in [1.807, 2.05) is 64.2 Å². The maximum atomic E-state index is 11.7. The summed E-state index contributed by atoms with van der Waals surface area (Å²) in [7, 11) is 0. The van der Waals surface area contributed by atoms with Crippen molar-refractivity contribution < 1.29 is 34.4 Å². The van der Waals surface area contributed by atoms with Crippen molar-refractivity contribution in [3.8, 4) is 11.3 Å². The third-order valence-electron chi connectivity index (χ3n) is 9.98. The van der Waals surface area contributed by atoms with E-state index in [0.29, 0.717) is 5.71 Å². The van der Waals surface area contributed by atoms with E-state index in [9.17, 15) is 9.90 Å². The van der Waals surface area contributed by atoms with E-state index < -0.39 is 0 Å². The summed E-state index contributed by atoms with van der Waals surface area (Å²) in [5.74, 6) is 0.547. The maximum Gasteiger partial charge on any atom is 0.216 e. The van der Waals surface area contributed by atoms with Gasteiger partial charge in [-0.15, -0.1) is 29.5 Å². The zero-order valence-corrected chi connectivity index (χ0v) is 33.1. The van der Waals surface area contributed by atoms with Crippen molar-refractivity contribution in [2.75, 3.05) is 0 Å². The van der Waals surface area contributed by atoms with Gasteiger partial charge >= 0.3 is 0 Å². The van der Waals surface area contributed by atoms with Crippen LogP contribution in [0.1, 0.15) is 104 Å². The Bertz CT molecular complexity index is 1870. The van der Waals surface area contributed by atoms with Gasteiger partial charge in [0.25, 0.3) is 0 Å². The molecule has 4 heterocycles. The van der Waals surface area contributed by atoms with E-state index >= 15 is 0 Å². The number of carbonyl (C=O) groups excluding carboxylic acids is 1. The molecule has 4 aromatic heterocycles. The second kappa shape index (κ2) is 15.6. The van der Waals surface area contributed by atoms with Crippen molar-refractivity contribution in [1.82, 2.24) is 9.97 Å². The van der Waals surface area contributed by atoms with Crippen LogP contribution in [0.25, 0.3) is 43.5 Å². The van der Waals surface area contributed by atoms with Crippen molar-refractivity contribution in [3.05, 3.63) is 70.4 Å². The molecule has 0 aliphatic heterocycles. The summed E-state index contributed by atoms with van der Waals surface area (Å²) in [5, 5.41) is 11.8. The largest absolute Gasteiger partial charge is 0.512 e. The Hall–Kier alpha value is -2.86. The second-order valence-corrected chi connectivity index (χ2v) is 15.0. The molecule has 1 N–H and O–H groups in total. The number of carbonyl (C=O) groups is 1. The Kier molecular flexibility index (Phi) is 12.8. The summed E-state index contributed by atoms with van der Waals surface area (Å²) in [5.41, 5.74) is 6.73. The fourth-order valence-corrected chi connectivity index (χ4v) is 7.31. The van der Waals surface area contributed by atoms with Gasteiger partial charge in [0, 0.05) is 59.4 Å². The van der Waals surface area contributed by atoms with Crippen molar-refractivity contribution in [1.29, 1.82) is 0 Å². The predicted octanol–water partition coefficient (Wildman–Crippen LogP) is 11.9. The molecule has 5 nitrogen and oxygen atoms in total. The number of thiophene rings is 1. The number of allylic oxidation sites excluding steroid dienone is 2. The van der Waals surface area contributed by atoms with Gasteiger partial charge in [-0.25, -0.2) is 4.98 Å². The minimum atomic E-state index is 0. The Morgan fingerprint density at radius 3 is 2.15 bits per heavy atom. The van der Waals surface area contributed by atoms with Crippen LogP contribution >= 0.6 is 11.3 Å². The second-order valence-electron chi connectivity index (χ2n) is 14.0. The number of aryl methyl sites for hydroxylation is 2. The summed E-state index contributed by atoms with van der Waals surface area (Å²) in [4.78, 5) is 22.8. The first-order chi connectivity index (χ1) is 21.7. The zero-order valence-electron chi connectivity index (χ0n) is 29.9. The number of hydrogen-bond donors (Lipinski definition) is 1. The molecule has 1 radical (unpaired) electrons. The third kappa shape index (κ3) is 7.90. The number of ketones is 1. The Morgan fingerprint density at radius 2 is 1.55 bits per heavy atom. The van der Waals surface area contributed by atoms with Gasteiger partial charge in [-0.1, -0.05) is 79.3 Å². The molecule has 7 heteroatoms. The number of hydrogen-bond acceptors (Lipinski definition) is 6. The minimum Gasteiger partial charge on any atom is -0.512 e. The van der Waals surface area contributed by atoms with E-state index in [-0.39, 0.29) is 54.3 Å². The molecule has 0 atom stereocenters. The number of aliphatic hydroxyl groups excluding tert-OH is 1. The van der Waals surface area contributed by atoms with Crippen LogP contribution in [0.15, 0.2) is 52.7 Å². The molecular weight excluding hydrogens is 781 g/mol. The number of fused-ring (bicyclic) bond motifs is 4. The van der Waals surface area contributed by atoms with Crippen LogP contribution in [0, 0.1) is 37.2 Å². The number of nitrogens with zero attached hydrogens (tertiary/aromatic N) is 2. The van der Waals surface area contributed by atoms with Crippen LogP contribution in [0.2, 0.25) is 0 Å². The van der Waals surface area contributed by atoms with Crippen molar-refractivity contribution >= 4 is 49.4 Å². The molecule has 0 fully saturated rings. The van der Waals surface area contributed by atoms with Gasteiger partial charge in [0.15, 0.2) is 5.78 Å². The average Bonchev–Trinajstić information content (AvgIpc) is 3.55. The van der Waals surface area contributed by atoms with Gasteiger partial charge in [-0.05, 0) is 74.4 Å². The van der Waals surface area contributed by atoms with Gasteiger partial charge in [0.1, 0.15) is 0 Å². The van der Waals surface area contributed by atoms with Gasteiger partial charge in [0.05, 0.1) is 21.6 Å². The van der Waals surface area contributed by atoms with Gasteiger partial charge in [0.2, 0.25) is 5.71 Å². The van der Waals surface area contributed by atoms with Crippen LogP contribution < -0.4 is 0 Å². The molecule has 0 saturated carbocycles. The van der Waals surface area contributed by atoms with Gasteiger partial charge in [-0.2, -0.15) is 0 Å². The number of aliphatic hydroxyl groups is 1. The molecule has 1 aromatic carbocycles. The van der Waals surface area contributed by atoms with Crippen LogP contribution in [-0.2, 0) is 30.3 Å². The summed E-state index contributed by atoms with van der Waals surface area (Å²) >= 11 is 1.86. The quantitative estimate of drug-likeness (QED) is 0.0909. The molecule has 0 saturated heterocycles. The molecule has 0 aliphatic rings. The first kappa shape index (κ1) is 38.6. The van der Waals surface area contributed by atoms with E-state index in [1.165, 1.54) is 21.2 Å². The molecule has 255 valence electrons. The molecule has 0 spiro atoms. The minimum absolute atomic E-state index is 0. The SMILES string of the molecule is CCC(CC)C(=O)/C=C(\O)C(CC)CC.Cc1ccc2c(n1)oc1c(-c3ccc4sc(C(C)(C)C(C)(C)C)c(C)c4n3)[c-]ccc12.[Ir]. The number of furan rings is 1. The summed E-state index contributed by atoms with van der Waals surface area (Å²) in [6.45, 7) is 23.9. The number of pyridine rings is 2. The van der Waals surface area contributed by atoms with Crippen LogP contribution in [-0.4, -0.2) is 20.9 Å². The summed E-state index contributed by atoms with van der Waals surface area (Å²) in [6.07, 6.45) is 4.91. The standard InChI is InChI=1S/C27H27N2OS.C13H24O2.Ir/c1-15-11-12-18-17-9-8-10-19(23(17)30-25(18)28-15)20-13-14-21-22(29-20)16(2)24(31-21)27(6,7)26(3,4)5;1-5-10(6-2)12(14)9-13(15)11(7-3)8-4;/h8-9,11-14H,1-7H3;9-11,14H,5-8H2,1-4H3;/q-1;;/b;12-9-;. The van der Waals surface area contributed by atoms with Crippen molar-refractivity contribution in [2.24, 2.45) is 17.3 Å². The Morgan fingerprint density at radius 1 is 0.915 bits per heavy atom. The Labute approximate surface area is 298 Å². The summed E-state index contributed by atoms with van der Waals surface area (Å²) in [6, 6.07) is 15.7. The van der Waals surface area contributed by atoms with E-state index in [4.69, 9.17) is 9.40 Å². The zero-order chi connectivity index (χ0) is 34.0. The van der Waals surface area contributed by atoms with Crippen LogP contribution in [0.5, 0.6) is 0 Å². The molecule has 5 aromatic rings. The molecule has 0 aliphatic carbocycles. The fraction of sp³-hybridized carbons (Fsp3) is 0.475. The van der Waals surface area contributed by atoms with Gasteiger partial charge in [-0.3, -0.25) is 9.78 Å². The molecule has 5 rings (SSSR count). The average molecular weight is 832 g/mol. The third-order valence-corrected chi connectivity index (χ3v) is 11.6. The number of aromatic nitrogens is 2.